The second kappa shape index (κ2) is 6.98. The van der Waals surface area contributed by atoms with Crippen LogP contribution in [0.2, 0.25) is 5.02 Å². The summed E-state index contributed by atoms with van der Waals surface area (Å²) >= 11 is 6.25. The van der Waals surface area contributed by atoms with Gasteiger partial charge in [0.15, 0.2) is 0 Å². The first kappa shape index (κ1) is 18.0. The third kappa shape index (κ3) is 3.18. The molecule has 0 spiro atoms. The molecule has 0 saturated carbocycles. The zero-order chi connectivity index (χ0) is 19.8. The fourth-order valence-electron chi connectivity index (χ4n) is 3.18. The molecule has 0 unspecified atom stereocenters. The van der Waals surface area contributed by atoms with Gasteiger partial charge in [-0.25, -0.2) is 0 Å². The van der Waals surface area contributed by atoms with Crippen molar-refractivity contribution in [2.75, 3.05) is 5.32 Å². The Bertz CT molecular complexity index is 1270. The molecule has 0 fully saturated rings. The number of rotatable bonds is 3. The van der Waals surface area contributed by atoms with Gasteiger partial charge in [0.05, 0.1) is 10.5 Å². The summed E-state index contributed by atoms with van der Waals surface area (Å²) in [6.07, 6.45) is 0. The molecule has 2 aromatic carbocycles. The van der Waals surface area contributed by atoms with Gasteiger partial charge in [-0.05, 0) is 37.6 Å². The Kier molecular flexibility index (Phi) is 4.49. The number of aryl methyl sites for hydroxylation is 2. The number of nitrogens with zero attached hydrogens (tertiary/aromatic N) is 1. The van der Waals surface area contributed by atoms with Crippen LogP contribution in [0.25, 0.3) is 22.2 Å². The van der Waals surface area contributed by atoms with Crippen LogP contribution < -0.4 is 10.9 Å². The Morgan fingerprint density at radius 2 is 1.93 bits per heavy atom. The molecule has 0 bridgehead atoms. The Hall–Kier alpha value is -3.38. The van der Waals surface area contributed by atoms with Crippen LogP contribution in [0.5, 0.6) is 0 Å². The third-order valence-electron chi connectivity index (χ3n) is 4.53. The van der Waals surface area contributed by atoms with Crippen LogP contribution >= 0.6 is 11.6 Å². The van der Waals surface area contributed by atoms with Gasteiger partial charge in [-0.1, -0.05) is 41.0 Å². The topological polar surface area (TPSA) is 88.0 Å². The van der Waals surface area contributed by atoms with Crippen molar-refractivity contribution in [3.8, 4) is 11.3 Å². The number of halogens is 1. The second-order valence-corrected chi connectivity index (χ2v) is 6.88. The van der Waals surface area contributed by atoms with Crippen LogP contribution in [-0.2, 0) is 0 Å². The predicted molar refractivity (Wildman–Crippen MR) is 109 cm³/mol. The average Bonchev–Trinajstić information content (AvgIpc) is 3.03. The quantitative estimate of drug-likeness (QED) is 0.527. The lowest BCUT2D eigenvalue weighted by Crippen LogP contribution is -2.14. The summed E-state index contributed by atoms with van der Waals surface area (Å²) < 4.78 is 5.25. The van der Waals surface area contributed by atoms with E-state index in [0.717, 1.165) is 10.9 Å². The first-order valence-corrected chi connectivity index (χ1v) is 8.98. The molecule has 140 valence electrons. The van der Waals surface area contributed by atoms with Crippen LogP contribution in [0.15, 0.2) is 57.8 Å². The molecule has 2 N–H and O–H groups in total. The lowest BCUT2D eigenvalue weighted by Gasteiger charge is -2.08. The average molecular weight is 394 g/mol. The third-order valence-corrected chi connectivity index (χ3v) is 4.86. The summed E-state index contributed by atoms with van der Waals surface area (Å²) in [6, 6.07) is 14.0. The van der Waals surface area contributed by atoms with Crippen molar-refractivity contribution in [1.82, 2.24) is 10.1 Å². The molecule has 0 aliphatic rings. The highest BCUT2D eigenvalue weighted by Gasteiger charge is 2.23. The molecule has 0 aliphatic heterocycles. The summed E-state index contributed by atoms with van der Waals surface area (Å²) in [5.74, 6) is 0.0143. The minimum Gasteiger partial charge on any atom is -0.360 e. The number of aromatic nitrogens is 2. The van der Waals surface area contributed by atoms with Gasteiger partial charge in [-0.15, -0.1) is 0 Å². The Morgan fingerprint density at radius 3 is 2.71 bits per heavy atom. The number of aromatic amines is 1. The summed E-state index contributed by atoms with van der Waals surface area (Å²) in [4.78, 5) is 27.5. The Morgan fingerprint density at radius 1 is 1.14 bits per heavy atom. The van der Waals surface area contributed by atoms with E-state index in [1.54, 1.807) is 37.3 Å². The minimum atomic E-state index is -0.372. The highest BCUT2D eigenvalue weighted by Crippen LogP contribution is 2.31. The van der Waals surface area contributed by atoms with Crippen LogP contribution in [0, 0.1) is 13.8 Å². The number of amides is 1. The predicted octanol–water partition coefficient (Wildman–Crippen LogP) is 4.71. The summed E-state index contributed by atoms with van der Waals surface area (Å²) in [7, 11) is 0. The number of hydrogen-bond donors (Lipinski definition) is 2. The van der Waals surface area contributed by atoms with E-state index < -0.39 is 0 Å². The number of hydrogen-bond acceptors (Lipinski definition) is 4. The summed E-state index contributed by atoms with van der Waals surface area (Å²) in [5, 5.41) is 8.24. The van der Waals surface area contributed by atoms with Gasteiger partial charge in [-0.2, -0.15) is 0 Å². The lowest BCUT2D eigenvalue weighted by molar-refractivity contribution is 0.102. The van der Waals surface area contributed by atoms with Crippen LogP contribution in [0.4, 0.5) is 5.69 Å². The van der Waals surface area contributed by atoms with Crippen LogP contribution in [0.1, 0.15) is 21.7 Å². The van der Waals surface area contributed by atoms with E-state index in [9.17, 15) is 9.59 Å². The molecule has 0 atom stereocenters. The molecular formula is C21H16ClN3O3. The van der Waals surface area contributed by atoms with Gasteiger partial charge in [0.2, 0.25) is 5.56 Å². The number of carbonyl (C=O) groups is 1. The molecule has 28 heavy (non-hydrogen) atoms. The molecule has 2 heterocycles. The summed E-state index contributed by atoms with van der Waals surface area (Å²) in [6.45, 7) is 3.54. The fourth-order valence-corrected chi connectivity index (χ4v) is 3.41. The van der Waals surface area contributed by atoms with E-state index in [4.69, 9.17) is 16.1 Å². The van der Waals surface area contributed by atoms with Crippen LogP contribution in [0.3, 0.4) is 0 Å². The molecular weight excluding hydrogens is 378 g/mol. The van der Waals surface area contributed by atoms with Gasteiger partial charge in [0.1, 0.15) is 17.0 Å². The number of fused-ring (bicyclic) bond motifs is 1. The molecule has 0 radical (unpaired) electrons. The molecule has 6 nitrogen and oxygen atoms in total. The van der Waals surface area contributed by atoms with Gasteiger partial charge in [0, 0.05) is 22.7 Å². The first-order valence-electron chi connectivity index (χ1n) is 8.60. The molecule has 1 amide bonds. The van der Waals surface area contributed by atoms with Gasteiger partial charge in [0.25, 0.3) is 5.91 Å². The number of nitrogens with one attached hydrogen (secondary N) is 2. The van der Waals surface area contributed by atoms with Crippen molar-refractivity contribution >= 4 is 34.1 Å². The van der Waals surface area contributed by atoms with Crippen molar-refractivity contribution in [3.05, 3.63) is 80.8 Å². The lowest BCUT2D eigenvalue weighted by atomic mass is 10.1. The molecule has 4 aromatic rings. The monoisotopic (exact) mass is 393 g/mol. The number of benzene rings is 2. The number of pyridine rings is 1. The van der Waals surface area contributed by atoms with Crippen LogP contribution in [-0.4, -0.2) is 16.0 Å². The minimum absolute atomic E-state index is 0.190. The highest BCUT2D eigenvalue weighted by atomic mass is 35.5. The molecule has 7 heteroatoms. The second-order valence-electron chi connectivity index (χ2n) is 6.47. The van der Waals surface area contributed by atoms with Crippen molar-refractivity contribution < 1.29 is 9.32 Å². The standard InChI is InChI=1S/C21H16ClN3O3/c1-11-9-18(26)24-17-10-13(7-8-14(11)17)23-21(27)19-12(2)28-25-20(19)15-5-3-4-6-16(15)22/h3-10H,1-2H3,(H,23,27)(H,24,26). The van der Waals surface area contributed by atoms with Crippen molar-refractivity contribution in [2.45, 2.75) is 13.8 Å². The zero-order valence-corrected chi connectivity index (χ0v) is 15.9. The smallest absolute Gasteiger partial charge is 0.261 e. The van der Waals surface area contributed by atoms with Crippen molar-refractivity contribution in [3.63, 3.8) is 0 Å². The summed E-state index contributed by atoms with van der Waals surface area (Å²) in [5.41, 5.74) is 3.18. The highest BCUT2D eigenvalue weighted by molar-refractivity contribution is 6.33. The van der Waals surface area contributed by atoms with Gasteiger partial charge < -0.3 is 14.8 Å². The molecule has 2 aromatic heterocycles. The number of carbonyl (C=O) groups excluding carboxylic acids is 1. The van der Waals surface area contributed by atoms with E-state index in [0.29, 0.717) is 38.8 Å². The number of H-pyrrole nitrogens is 1. The molecule has 4 rings (SSSR count). The fraction of sp³-hybridized carbons (Fsp3) is 0.0952. The maximum atomic E-state index is 12.9. The Balaban J connectivity index is 1.72. The van der Waals surface area contributed by atoms with E-state index in [2.05, 4.69) is 15.5 Å². The van der Waals surface area contributed by atoms with Crippen molar-refractivity contribution in [1.29, 1.82) is 0 Å². The van der Waals surface area contributed by atoms with E-state index >= 15 is 0 Å². The number of anilines is 1. The van der Waals surface area contributed by atoms with Gasteiger partial charge in [-0.3, -0.25) is 9.59 Å². The van der Waals surface area contributed by atoms with E-state index in [1.165, 1.54) is 6.07 Å². The Labute approximate surface area is 165 Å². The zero-order valence-electron chi connectivity index (χ0n) is 15.2. The normalized spacial score (nSPS) is 11.0. The maximum absolute atomic E-state index is 12.9. The van der Waals surface area contributed by atoms with E-state index in [-0.39, 0.29) is 11.5 Å². The maximum Gasteiger partial charge on any atom is 0.261 e. The SMILES string of the molecule is Cc1onc(-c2ccccc2Cl)c1C(=O)Nc1ccc2c(C)cc(=O)[nH]c2c1. The molecule has 0 saturated heterocycles. The van der Waals surface area contributed by atoms with Gasteiger partial charge >= 0.3 is 0 Å². The molecule has 0 aliphatic carbocycles. The largest absolute Gasteiger partial charge is 0.360 e. The van der Waals surface area contributed by atoms with Crippen molar-refractivity contribution in [2.24, 2.45) is 0 Å². The first-order chi connectivity index (χ1) is 13.4. The van der Waals surface area contributed by atoms with E-state index in [1.807, 2.05) is 19.1 Å².